The first kappa shape index (κ1) is 16.0. The highest BCUT2D eigenvalue weighted by Gasteiger charge is 2.23. The second-order valence-electron chi connectivity index (χ2n) is 5.16. The summed E-state index contributed by atoms with van der Waals surface area (Å²) in [6.45, 7) is 1.44. The third kappa shape index (κ3) is 4.56. The molecule has 0 aliphatic rings. The quantitative estimate of drug-likeness (QED) is 0.860. The third-order valence-electron chi connectivity index (χ3n) is 3.19. The molecule has 22 heavy (non-hydrogen) atoms. The number of rotatable bonds is 6. The zero-order valence-electron chi connectivity index (χ0n) is 12.3. The summed E-state index contributed by atoms with van der Waals surface area (Å²) in [6.07, 6.45) is 0. The van der Waals surface area contributed by atoms with Gasteiger partial charge in [0.25, 0.3) is 5.91 Å². The summed E-state index contributed by atoms with van der Waals surface area (Å²) in [4.78, 5) is 11.7. The van der Waals surface area contributed by atoms with Crippen molar-refractivity contribution in [1.82, 2.24) is 5.32 Å². The molecule has 4 nitrogen and oxygen atoms in total. The van der Waals surface area contributed by atoms with E-state index in [0.29, 0.717) is 5.56 Å². The molecule has 0 bridgehead atoms. The van der Waals surface area contributed by atoms with Gasteiger partial charge in [-0.3, -0.25) is 4.79 Å². The molecule has 2 rings (SSSR count). The lowest BCUT2D eigenvalue weighted by Crippen LogP contribution is -2.40. The molecular formula is C17H18FNO3. The topological polar surface area (TPSA) is 58.6 Å². The number of ether oxygens (including phenoxy) is 1. The zero-order chi connectivity index (χ0) is 16.0. The molecule has 0 aliphatic carbocycles. The molecule has 2 N–H and O–H groups in total. The van der Waals surface area contributed by atoms with E-state index < -0.39 is 11.4 Å². The first-order chi connectivity index (χ1) is 10.5. The molecule has 5 heteroatoms. The highest BCUT2D eigenvalue weighted by Crippen LogP contribution is 2.18. The maximum atomic E-state index is 13.0. The minimum absolute atomic E-state index is 0.0579. The van der Waals surface area contributed by atoms with Gasteiger partial charge in [0, 0.05) is 6.07 Å². The molecule has 0 aliphatic heterocycles. The van der Waals surface area contributed by atoms with E-state index in [1.807, 2.05) is 18.2 Å². The lowest BCUT2D eigenvalue weighted by Gasteiger charge is -2.24. The van der Waals surface area contributed by atoms with Gasteiger partial charge in [-0.15, -0.1) is 0 Å². The molecule has 0 saturated carbocycles. The van der Waals surface area contributed by atoms with Crippen LogP contribution in [0.5, 0.6) is 5.75 Å². The summed E-state index contributed by atoms with van der Waals surface area (Å²) in [7, 11) is 0. The standard InChI is InChI=1S/C17H18FNO3/c1-17(21,13-6-3-2-4-7-13)12-19-16(20)11-22-15-9-5-8-14(18)10-15/h2-10,21H,11-12H2,1H3,(H,19,20). The number of hydrogen-bond donors (Lipinski definition) is 2. The Bertz CT molecular complexity index is 629. The second kappa shape index (κ2) is 7.04. The molecule has 0 radical (unpaired) electrons. The Kier molecular flexibility index (Phi) is 5.12. The van der Waals surface area contributed by atoms with Crippen molar-refractivity contribution in [2.75, 3.05) is 13.2 Å². The molecule has 2 aromatic carbocycles. The van der Waals surface area contributed by atoms with Crippen LogP contribution in [0, 0.1) is 5.82 Å². The number of carbonyl (C=O) groups excluding carboxylic acids is 1. The number of halogens is 1. The van der Waals surface area contributed by atoms with Gasteiger partial charge in [0.15, 0.2) is 6.61 Å². The number of nitrogens with one attached hydrogen (secondary N) is 1. The van der Waals surface area contributed by atoms with Gasteiger partial charge < -0.3 is 15.2 Å². The Labute approximate surface area is 128 Å². The van der Waals surface area contributed by atoms with Crippen molar-refractivity contribution in [1.29, 1.82) is 0 Å². The lowest BCUT2D eigenvalue weighted by molar-refractivity contribution is -0.124. The number of benzene rings is 2. The molecule has 0 spiro atoms. The van der Waals surface area contributed by atoms with Crippen LogP contribution in [0.2, 0.25) is 0 Å². The first-order valence-corrected chi connectivity index (χ1v) is 6.90. The maximum absolute atomic E-state index is 13.0. The van der Waals surface area contributed by atoms with Crippen LogP contribution < -0.4 is 10.1 Å². The second-order valence-corrected chi connectivity index (χ2v) is 5.16. The van der Waals surface area contributed by atoms with Gasteiger partial charge in [-0.2, -0.15) is 0 Å². The summed E-state index contributed by atoms with van der Waals surface area (Å²) in [6, 6.07) is 14.6. The van der Waals surface area contributed by atoms with E-state index in [1.54, 1.807) is 25.1 Å². The van der Waals surface area contributed by atoms with Crippen LogP contribution in [0.25, 0.3) is 0 Å². The molecule has 0 aromatic heterocycles. The Morgan fingerprint density at radius 2 is 1.95 bits per heavy atom. The summed E-state index contributed by atoms with van der Waals surface area (Å²) in [5, 5.41) is 12.9. The number of hydrogen-bond acceptors (Lipinski definition) is 3. The largest absolute Gasteiger partial charge is 0.484 e. The van der Waals surface area contributed by atoms with Crippen LogP contribution in [-0.4, -0.2) is 24.2 Å². The molecule has 2 aromatic rings. The Balaban J connectivity index is 1.82. The van der Waals surface area contributed by atoms with Crippen LogP contribution in [0.1, 0.15) is 12.5 Å². The predicted octanol–water partition coefficient (Wildman–Crippen LogP) is 2.23. The van der Waals surface area contributed by atoms with E-state index in [2.05, 4.69) is 5.32 Å². The van der Waals surface area contributed by atoms with Crippen molar-refractivity contribution in [2.45, 2.75) is 12.5 Å². The molecule has 1 amide bonds. The summed E-state index contributed by atoms with van der Waals surface area (Å²) in [5.41, 5.74) is -0.461. The van der Waals surface area contributed by atoms with Crippen LogP contribution >= 0.6 is 0 Å². The van der Waals surface area contributed by atoms with Gasteiger partial charge in [-0.05, 0) is 24.6 Å². The van der Waals surface area contributed by atoms with E-state index in [-0.39, 0.29) is 24.8 Å². The molecule has 1 atom stereocenters. The minimum Gasteiger partial charge on any atom is -0.484 e. The van der Waals surface area contributed by atoms with Gasteiger partial charge in [0.05, 0.1) is 6.54 Å². The summed E-state index contributed by atoms with van der Waals surface area (Å²) < 4.78 is 18.2. The van der Waals surface area contributed by atoms with Gasteiger partial charge in [-0.25, -0.2) is 4.39 Å². The summed E-state index contributed by atoms with van der Waals surface area (Å²) in [5.74, 6) is -0.532. The molecular weight excluding hydrogens is 285 g/mol. The summed E-state index contributed by atoms with van der Waals surface area (Å²) >= 11 is 0. The lowest BCUT2D eigenvalue weighted by atomic mass is 9.96. The van der Waals surface area contributed by atoms with E-state index in [0.717, 1.165) is 0 Å². The maximum Gasteiger partial charge on any atom is 0.258 e. The third-order valence-corrected chi connectivity index (χ3v) is 3.19. The van der Waals surface area contributed by atoms with Gasteiger partial charge >= 0.3 is 0 Å². The van der Waals surface area contributed by atoms with E-state index in [4.69, 9.17) is 4.74 Å². The van der Waals surface area contributed by atoms with Crippen LogP contribution in [-0.2, 0) is 10.4 Å². The van der Waals surface area contributed by atoms with Crippen LogP contribution in [0.15, 0.2) is 54.6 Å². The van der Waals surface area contributed by atoms with Crippen molar-refractivity contribution < 1.29 is 19.0 Å². The number of amides is 1. The highest BCUT2D eigenvalue weighted by molar-refractivity contribution is 5.77. The molecule has 116 valence electrons. The van der Waals surface area contributed by atoms with Gasteiger partial charge in [0.2, 0.25) is 0 Å². The van der Waals surface area contributed by atoms with Crippen molar-refractivity contribution in [2.24, 2.45) is 0 Å². The minimum atomic E-state index is -1.17. The predicted molar refractivity (Wildman–Crippen MR) is 80.9 cm³/mol. The molecule has 0 heterocycles. The van der Waals surface area contributed by atoms with Gasteiger partial charge in [0.1, 0.15) is 17.2 Å². The van der Waals surface area contributed by atoms with E-state index in [9.17, 15) is 14.3 Å². The fourth-order valence-electron chi connectivity index (χ4n) is 1.93. The fourth-order valence-corrected chi connectivity index (χ4v) is 1.93. The average Bonchev–Trinajstić information content (AvgIpc) is 2.52. The molecule has 0 saturated heterocycles. The smallest absolute Gasteiger partial charge is 0.258 e. The van der Waals surface area contributed by atoms with Crippen molar-refractivity contribution in [3.8, 4) is 5.75 Å². The van der Waals surface area contributed by atoms with Crippen LogP contribution in [0.4, 0.5) is 4.39 Å². The van der Waals surface area contributed by atoms with Crippen molar-refractivity contribution in [3.05, 3.63) is 66.0 Å². The van der Waals surface area contributed by atoms with E-state index >= 15 is 0 Å². The Morgan fingerprint density at radius 3 is 2.64 bits per heavy atom. The van der Waals surface area contributed by atoms with E-state index in [1.165, 1.54) is 18.2 Å². The van der Waals surface area contributed by atoms with Crippen molar-refractivity contribution >= 4 is 5.91 Å². The van der Waals surface area contributed by atoms with Gasteiger partial charge in [-0.1, -0.05) is 36.4 Å². The SMILES string of the molecule is CC(O)(CNC(=O)COc1cccc(F)c1)c1ccccc1. The number of carbonyl (C=O) groups is 1. The zero-order valence-corrected chi connectivity index (χ0v) is 12.3. The molecule has 0 fully saturated rings. The number of aliphatic hydroxyl groups is 1. The highest BCUT2D eigenvalue weighted by atomic mass is 19.1. The van der Waals surface area contributed by atoms with Crippen molar-refractivity contribution in [3.63, 3.8) is 0 Å². The Morgan fingerprint density at radius 1 is 1.23 bits per heavy atom. The van der Waals surface area contributed by atoms with Crippen LogP contribution in [0.3, 0.4) is 0 Å². The average molecular weight is 303 g/mol. The normalized spacial score (nSPS) is 13.2. The fraction of sp³-hybridized carbons (Fsp3) is 0.235. The molecule has 1 unspecified atom stereocenters. The Hall–Kier alpha value is -2.40. The first-order valence-electron chi connectivity index (χ1n) is 6.90. The monoisotopic (exact) mass is 303 g/mol.